The number of methoxy groups -OCH3 is 2. The predicted octanol–water partition coefficient (Wildman–Crippen LogP) is 3.82. The highest BCUT2D eigenvalue weighted by molar-refractivity contribution is 7.98. The fraction of sp³-hybridized carbons (Fsp3) is 0.438. The maximum Gasteiger partial charge on any atom is 0.161 e. The molecule has 2 aromatic rings. The van der Waals surface area contributed by atoms with Gasteiger partial charge in [0.05, 0.1) is 20.8 Å². The Labute approximate surface area is 140 Å². The van der Waals surface area contributed by atoms with Crippen LogP contribution >= 0.6 is 23.1 Å². The van der Waals surface area contributed by atoms with Crippen molar-refractivity contribution in [3.63, 3.8) is 0 Å². The molecule has 0 unspecified atom stereocenters. The van der Waals surface area contributed by atoms with E-state index in [9.17, 15) is 0 Å². The highest BCUT2D eigenvalue weighted by atomic mass is 32.2. The fourth-order valence-corrected chi connectivity index (χ4v) is 3.73. The average molecular weight is 338 g/mol. The van der Waals surface area contributed by atoms with Crippen LogP contribution in [0.5, 0.6) is 11.5 Å². The van der Waals surface area contributed by atoms with Crippen molar-refractivity contribution in [1.82, 2.24) is 9.88 Å². The molecule has 1 heterocycles. The topological polar surface area (TPSA) is 34.6 Å². The molecule has 1 aromatic carbocycles. The van der Waals surface area contributed by atoms with Gasteiger partial charge in [0, 0.05) is 22.5 Å². The Balaban J connectivity index is 2.16. The summed E-state index contributed by atoms with van der Waals surface area (Å²) in [5.41, 5.74) is 2.32. The maximum atomic E-state index is 5.42. The Hall–Kier alpha value is -1.24. The highest BCUT2D eigenvalue weighted by Gasteiger charge is 2.13. The van der Waals surface area contributed by atoms with E-state index in [1.165, 1.54) is 10.5 Å². The third-order valence-corrected chi connectivity index (χ3v) is 5.07. The van der Waals surface area contributed by atoms with Gasteiger partial charge in [-0.05, 0) is 37.9 Å². The summed E-state index contributed by atoms with van der Waals surface area (Å²) in [6, 6.07) is 4.11. The van der Waals surface area contributed by atoms with Crippen LogP contribution in [-0.2, 0) is 13.1 Å². The molecule has 6 heteroatoms. The molecule has 0 atom stereocenters. The van der Waals surface area contributed by atoms with Gasteiger partial charge in [0.1, 0.15) is 5.01 Å². The van der Waals surface area contributed by atoms with Crippen LogP contribution in [0.4, 0.5) is 0 Å². The van der Waals surface area contributed by atoms with Gasteiger partial charge in [0.2, 0.25) is 0 Å². The molecule has 0 bridgehead atoms. The Morgan fingerprint density at radius 1 is 1.18 bits per heavy atom. The van der Waals surface area contributed by atoms with Crippen molar-refractivity contribution in [2.75, 3.05) is 27.5 Å². The van der Waals surface area contributed by atoms with E-state index in [2.05, 4.69) is 34.6 Å². The second kappa shape index (κ2) is 7.85. The number of thioether (sulfide) groups is 1. The number of aromatic nitrogens is 1. The van der Waals surface area contributed by atoms with Gasteiger partial charge in [0.25, 0.3) is 0 Å². The molecule has 2 rings (SSSR count). The molecule has 0 saturated heterocycles. The zero-order chi connectivity index (χ0) is 16.1. The van der Waals surface area contributed by atoms with Gasteiger partial charge < -0.3 is 9.47 Å². The van der Waals surface area contributed by atoms with E-state index < -0.39 is 0 Å². The lowest BCUT2D eigenvalue weighted by atomic mass is 10.2. The van der Waals surface area contributed by atoms with E-state index >= 15 is 0 Å². The predicted molar refractivity (Wildman–Crippen MR) is 93.3 cm³/mol. The van der Waals surface area contributed by atoms with Crippen LogP contribution < -0.4 is 9.47 Å². The van der Waals surface area contributed by atoms with Gasteiger partial charge in [-0.1, -0.05) is 0 Å². The summed E-state index contributed by atoms with van der Waals surface area (Å²) in [4.78, 5) is 7.99. The van der Waals surface area contributed by atoms with Crippen LogP contribution in [0.3, 0.4) is 0 Å². The molecule has 120 valence electrons. The average Bonchev–Trinajstić information content (AvgIpc) is 2.91. The minimum absolute atomic E-state index is 0.772. The Morgan fingerprint density at radius 3 is 2.41 bits per heavy atom. The standard InChI is InChI=1S/C16H22N2O2S2/c1-11-10-22-16(17-11)9-18(2)8-12-6-13(19-3)14(20-4)7-15(12)21-5/h6-7,10H,8-9H2,1-5H3. The van der Waals surface area contributed by atoms with Crippen LogP contribution in [0, 0.1) is 6.92 Å². The first-order chi connectivity index (χ1) is 10.6. The molecule has 1 aromatic heterocycles. The molecule has 0 aliphatic carbocycles. The van der Waals surface area contributed by atoms with Gasteiger partial charge in [-0.3, -0.25) is 4.90 Å². The molecule has 0 aliphatic heterocycles. The van der Waals surface area contributed by atoms with Gasteiger partial charge in [-0.25, -0.2) is 4.98 Å². The second-order valence-corrected chi connectivity index (χ2v) is 6.86. The minimum atomic E-state index is 0.772. The summed E-state index contributed by atoms with van der Waals surface area (Å²) in [5, 5.41) is 3.23. The van der Waals surface area contributed by atoms with E-state index in [4.69, 9.17) is 9.47 Å². The van der Waals surface area contributed by atoms with E-state index in [1.54, 1.807) is 37.3 Å². The zero-order valence-corrected chi connectivity index (χ0v) is 15.3. The molecule has 0 amide bonds. The summed E-state index contributed by atoms with van der Waals surface area (Å²) in [6.07, 6.45) is 2.08. The third kappa shape index (κ3) is 4.15. The number of nitrogens with zero attached hydrogens (tertiary/aromatic N) is 2. The number of benzene rings is 1. The van der Waals surface area contributed by atoms with Crippen molar-refractivity contribution in [3.05, 3.63) is 33.8 Å². The van der Waals surface area contributed by atoms with Crippen molar-refractivity contribution in [2.24, 2.45) is 0 Å². The lowest BCUT2D eigenvalue weighted by molar-refractivity contribution is 0.313. The largest absolute Gasteiger partial charge is 0.493 e. The van der Waals surface area contributed by atoms with E-state index in [0.29, 0.717) is 0 Å². The Morgan fingerprint density at radius 2 is 1.86 bits per heavy atom. The summed E-state index contributed by atoms with van der Waals surface area (Å²) < 4.78 is 10.8. The molecule has 0 radical (unpaired) electrons. The summed E-state index contributed by atoms with van der Waals surface area (Å²) in [7, 11) is 5.44. The van der Waals surface area contributed by atoms with E-state index in [0.717, 1.165) is 35.3 Å². The van der Waals surface area contributed by atoms with Gasteiger partial charge in [-0.2, -0.15) is 0 Å². The van der Waals surface area contributed by atoms with E-state index in [1.807, 2.05) is 13.0 Å². The number of thiazole rings is 1. The normalized spacial score (nSPS) is 11.0. The zero-order valence-electron chi connectivity index (χ0n) is 13.7. The van der Waals surface area contributed by atoms with Crippen LogP contribution in [0.2, 0.25) is 0 Å². The number of ether oxygens (including phenoxy) is 2. The number of aryl methyl sites for hydroxylation is 1. The van der Waals surface area contributed by atoms with Gasteiger partial charge >= 0.3 is 0 Å². The van der Waals surface area contributed by atoms with Crippen molar-refractivity contribution >= 4 is 23.1 Å². The molecule has 4 nitrogen and oxygen atoms in total. The molecular formula is C16H22N2O2S2. The smallest absolute Gasteiger partial charge is 0.161 e. The molecule has 0 aliphatic rings. The van der Waals surface area contributed by atoms with Crippen molar-refractivity contribution < 1.29 is 9.47 Å². The molecule has 0 N–H and O–H groups in total. The molecule has 0 saturated carbocycles. The Kier molecular flexibility index (Phi) is 6.11. The van der Waals surface area contributed by atoms with Crippen molar-refractivity contribution in [3.8, 4) is 11.5 Å². The molecule has 0 fully saturated rings. The maximum absolute atomic E-state index is 5.42. The second-order valence-electron chi connectivity index (χ2n) is 5.07. The summed E-state index contributed by atoms with van der Waals surface area (Å²) >= 11 is 3.43. The SMILES string of the molecule is COc1cc(CN(C)Cc2nc(C)cs2)c(SC)cc1OC. The van der Waals surface area contributed by atoms with Crippen molar-refractivity contribution in [1.29, 1.82) is 0 Å². The third-order valence-electron chi connectivity index (χ3n) is 3.30. The molecular weight excluding hydrogens is 316 g/mol. The summed E-state index contributed by atoms with van der Waals surface area (Å²) in [6.45, 7) is 3.72. The lowest BCUT2D eigenvalue weighted by Gasteiger charge is -2.19. The van der Waals surface area contributed by atoms with Crippen molar-refractivity contribution in [2.45, 2.75) is 24.9 Å². The fourth-order valence-electron chi connectivity index (χ4n) is 2.27. The number of rotatable bonds is 7. The first-order valence-electron chi connectivity index (χ1n) is 6.95. The van der Waals surface area contributed by atoms with Crippen LogP contribution in [0.1, 0.15) is 16.3 Å². The van der Waals surface area contributed by atoms with Gasteiger partial charge in [-0.15, -0.1) is 23.1 Å². The monoisotopic (exact) mass is 338 g/mol. The first-order valence-corrected chi connectivity index (χ1v) is 9.06. The van der Waals surface area contributed by atoms with Crippen LogP contribution in [-0.4, -0.2) is 37.4 Å². The first kappa shape index (κ1) is 17.1. The molecule has 22 heavy (non-hydrogen) atoms. The summed E-state index contributed by atoms with van der Waals surface area (Å²) in [5.74, 6) is 1.54. The van der Waals surface area contributed by atoms with E-state index in [-0.39, 0.29) is 0 Å². The van der Waals surface area contributed by atoms with Crippen LogP contribution in [0.25, 0.3) is 0 Å². The van der Waals surface area contributed by atoms with Crippen LogP contribution in [0.15, 0.2) is 22.4 Å². The number of hydrogen-bond donors (Lipinski definition) is 0. The number of hydrogen-bond acceptors (Lipinski definition) is 6. The highest BCUT2D eigenvalue weighted by Crippen LogP contribution is 2.35. The Bertz CT molecular complexity index is 629. The quantitative estimate of drug-likeness (QED) is 0.717. The lowest BCUT2D eigenvalue weighted by Crippen LogP contribution is -2.17. The minimum Gasteiger partial charge on any atom is -0.493 e. The van der Waals surface area contributed by atoms with Gasteiger partial charge in [0.15, 0.2) is 11.5 Å². The molecule has 0 spiro atoms.